The summed E-state index contributed by atoms with van der Waals surface area (Å²) in [4.78, 5) is 12.5. The van der Waals surface area contributed by atoms with E-state index < -0.39 is 0 Å². The molecule has 0 unspecified atom stereocenters. The number of benzene rings is 2. The summed E-state index contributed by atoms with van der Waals surface area (Å²) in [6.07, 6.45) is 0. The monoisotopic (exact) mass is 370 g/mol. The number of hydrazine groups is 1. The molecule has 20 heavy (non-hydrogen) atoms. The number of thioether (sulfide) groups is 1. The number of nitrogens with two attached hydrogens (primary N) is 1. The van der Waals surface area contributed by atoms with Crippen molar-refractivity contribution in [1.29, 1.82) is 0 Å². The minimum atomic E-state index is -0.306. The van der Waals surface area contributed by atoms with Gasteiger partial charge in [-0.05, 0) is 35.9 Å². The summed E-state index contributed by atoms with van der Waals surface area (Å²) in [5.74, 6) is 5.59. The van der Waals surface area contributed by atoms with Crippen LogP contribution in [0.3, 0.4) is 0 Å². The van der Waals surface area contributed by atoms with Gasteiger partial charge >= 0.3 is 0 Å². The Morgan fingerprint density at radius 3 is 2.75 bits per heavy atom. The second-order valence-electron chi connectivity index (χ2n) is 4.03. The van der Waals surface area contributed by atoms with Crippen LogP contribution in [0.5, 0.6) is 0 Å². The van der Waals surface area contributed by atoms with E-state index in [1.807, 2.05) is 30.3 Å². The fourth-order valence-corrected chi connectivity index (χ4v) is 3.53. The van der Waals surface area contributed by atoms with Crippen molar-refractivity contribution in [2.45, 2.75) is 10.6 Å². The van der Waals surface area contributed by atoms with E-state index in [0.29, 0.717) is 5.56 Å². The molecule has 104 valence electrons. The molecule has 3 N–H and O–H groups in total. The first-order chi connectivity index (χ1) is 9.60. The normalized spacial score (nSPS) is 10.3. The Morgan fingerprint density at radius 1 is 1.30 bits per heavy atom. The lowest BCUT2D eigenvalue weighted by Crippen LogP contribution is -2.29. The molecule has 0 fully saturated rings. The molecule has 0 saturated heterocycles. The molecule has 0 bridgehead atoms. The summed E-state index contributed by atoms with van der Waals surface area (Å²) in [5, 5.41) is 0.726. The van der Waals surface area contributed by atoms with Crippen LogP contribution >= 0.6 is 39.3 Å². The number of carbonyl (C=O) groups excluding carboxylic acids is 1. The van der Waals surface area contributed by atoms with Gasteiger partial charge in [-0.1, -0.05) is 39.7 Å². The molecule has 0 aliphatic heterocycles. The van der Waals surface area contributed by atoms with Crippen molar-refractivity contribution in [3.05, 3.63) is 63.1 Å². The van der Waals surface area contributed by atoms with Crippen molar-refractivity contribution in [2.24, 2.45) is 5.84 Å². The molecule has 0 aromatic heterocycles. The van der Waals surface area contributed by atoms with Crippen molar-refractivity contribution in [3.63, 3.8) is 0 Å². The number of halogens is 2. The van der Waals surface area contributed by atoms with Crippen LogP contribution in [0.25, 0.3) is 0 Å². The summed E-state index contributed by atoms with van der Waals surface area (Å²) < 4.78 is 0.883. The molecule has 0 aliphatic carbocycles. The van der Waals surface area contributed by atoms with E-state index in [9.17, 15) is 4.79 Å². The number of amides is 1. The van der Waals surface area contributed by atoms with Gasteiger partial charge in [0.15, 0.2) is 0 Å². The van der Waals surface area contributed by atoms with E-state index in [4.69, 9.17) is 17.4 Å². The molecule has 6 heteroatoms. The summed E-state index contributed by atoms with van der Waals surface area (Å²) in [7, 11) is 0. The SMILES string of the molecule is NNC(=O)c1ccc(CSc2cccc(Cl)c2)c(Br)c1. The van der Waals surface area contributed by atoms with Crippen molar-refractivity contribution in [1.82, 2.24) is 5.43 Å². The minimum absolute atomic E-state index is 0.306. The standard InChI is InChI=1S/C14H12BrClN2OS/c15-13-6-9(14(19)18-17)4-5-10(13)8-20-12-3-1-2-11(16)7-12/h1-7H,8,17H2,(H,18,19). The second kappa shape index (κ2) is 7.13. The van der Waals surface area contributed by atoms with Crippen LogP contribution in [-0.2, 0) is 5.75 Å². The van der Waals surface area contributed by atoms with Crippen LogP contribution in [0.4, 0.5) is 0 Å². The van der Waals surface area contributed by atoms with E-state index in [1.54, 1.807) is 23.9 Å². The van der Waals surface area contributed by atoms with E-state index in [1.165, 1.54) is 0 Å². The Bertz CT molecular complexity index is 636. The van der Waals surface area contributed by atoms with E-state index >= 15 is 0 Å². The molecule has 2 aromatic rings. The molecule has 3 nitrogen and oxygen atoms in total. The third-order valence-corrected chi connectivity index (χ3v) is 4.65. The summed E-state index contributed by atoms with van der Waals surface area (Å²) in [5.41, 5.74) is 3.74. The largest absolute Gasteiger partial charge is 0.290 e. The second-order valence-corrected chi connectivity index (χ2v) is 6.37. The summed E-state index contributed by atoms with van der Waals surface area (Å²) in [6.45, 7) is 0. The molecule has 0 radical (unpaired) electrons. The Kier molecular flexibility index (Phi) is 5.48. The van der Waals surface area contributed by atoms with Gasteiger partial charge in [-0.2, -0.15) is 0 Å². The first-order valence-corrected chi connectivity index (χ1v) is 7.93. The molecular weight excluding hydrogens is 360 g/mol. The lowest BCUT2D eigenvalue weighted by molar-refractivity contribution is 0.0953. The predicted molar refractivity (Wildman–Crippen MR) is 86.8 cm³/mol. The molecule has 0 atom stereocenters. The Morgan fingerprint density at radius 2 is 2.10 bits per heavy atom. The molecule has 2 aromatic carbocycles. The molecule has 0 saturated carbocycles. The molecule has 0 heterocycles. The molecule has 1 amide bonds. The average Bonchev–Trinajstić information content (AvgIpc) is 2.45. The van der Waals surface area contributed by atoms with Gasteiger partial charge in [0.2, 0.25) is 0 Å². The van der Waals surface area contributed by atoms with E-state index in [0.717, 1.165) is 25.7 Å². The van der Waals surface area contributed by atoms with Gasteiger partial charge in [0.25, 0.3) is 5.91 Å². The van der Waals surface area contributed by atoms with Crippen LogP contribution in [0.2, 0.25) is 5.02 Å². The molecule has 0 spiro atoms. The highest BCUT2D eigenvalue weighted by molar-refractivity contribution is 9.10. The number of nitrogen functional groups attached to an aromatic ring is 1. The lowest BCUT2D eigenvalue weighted by atomic mass is 10.1. The van der Waals surface area contributed by atoms with Crippen LogP contribution in [0, 0.1) is 0 Å². The molecular formula is C14H12BrClN2OS. The zero-order chi connectivity index (χ0) is 14.5. The zero-order valence-corrected chi connectivity index (χ0v) is 13.6. The first kappa shape index (κ1) is 15.4. The molecule has 0 aliphatic rings. The van der Waals surface area contributed by atoms with Gasteiger partial charge in [0, 0.05) is 25.7 Å². The predicted octanol–water partition coefficient (Wildman–Crippen LogP) is 4.00. The Labute approximate surface area is 135 Å². The summed E-state index contributed by atoms with van der Waals surface area (Å²) in [6, 6.07) is 13.1. The van der Waals surface area contributed by atoms with Crippen molar-refractivity contribution in [3.8, 4) is 0 Å². The van der Waals surface area contributed by atoms with Crippen LogP contribution in [0.15, 0.2) is 51.8 Å². The summed E-state index contributed by atoms with van der Waals surface area (Å²) >= 11 is 11.1. The van der Waals surface area contributed by atoms with Gasteiger partial charge in [-0.15, -0.1) is 11.8 Å². The average molecular weight is 372 g/mol. The highest BCUT2D eigenvalue weighted by Gasteiger charge is 2.07. The van der Waals surface area contributed by atoms with Crippen LogP contribution < -0.4 is 11.3 Å². The Balaban J connectivity index is 2.08. The van der Waals surface area contributed by atoms with E-state index in [2.05, 4.69) is 21.4 Å². The van der Waals surface area contributed by atoms with Crippen molar-refractivity contribution < 1.29 is 4.79 Å². The van der Waals surface area contributed by atoms with Gasteiger partial charge in [-0.25, -0.2) is 5.84 Å². The van der Waals surface area contributed by atoms with Crippen LogP contribution in [0.1, 0.15) is 15.9 Å². The van der Waals surface area contributed by atoms with Gasteiger partial charge < -0.3 is 0 Å². The van der Waals surface area contributed by atoms with Crippen molar-refractivity contribution >= 4 is 45.2 Å². The zero-order valence-electron chi connectivity index (χ0n) is 10.4. The maximum Gasteiger partial charge on any atom is 0.265 e. The number of hydrogen-bond acceptors (Lipinski definition) is 3. The highest BCUT2D eigenvalue weighted by atomic mass is 79.9. The van der Waals surface area contributed by atoms with Crippen LogP contribution in [-0.4, -0.2) is 5.91 Å². The van der Waals surface area contributed by atoms with Gasteiger partial charge in [-0.3, -0.25) is 10.2 Å². The molecule has 2 rings (SSSR count). The maximum atomic E-state index is 11.4. The smallest absolute Gasteiger partial charge is 0.265 e. The maximum absolute atomic E-state index is 11.4. The quantitative estimate of drug-likeness (QED) is 0.370. The highest BCUT2D eigenvalue weighted by Crippen LogP contribution is 2.29. The Hall–Kier alpha value is -1.01. The number of rotatable bonds is 4. The third-order valence-electron chi connectivity index (χ3n) is 2.64. The fraction of sp³-hybridized carbons (Fsp3) is 0.0714. The topological polar surface area (TPSA) is 55.1 Å². The van der Waals surface area contributed by atoms with Gasteiger partial charge in [0.1, 0.15) is 0 Å². The third kappa shape index (κ3) is 3.99. The van der Waals surface area contributed by atoms with Gasteiger partial charge in [0.05, 0.1) is 0 Å². The minimum Gasteiger partial charge on any atom is -0.290 e. The van der Waals surface area contributed by atoms with E-state index in [-0.39, 0.29) is 5.91 Å². The number of carbonyl (C=O) groups is 1. The fourth-order valence-electron chi connectivity index (χ4n) is 1.61. The number of hydrogen-bond donors (Lipinski definition) is 2. The first-order valence-electron chi connectivity index (χ1n) is 5.78. The number of nitrogens with one attached hydrogen (secondary N) is 1. The lowest BCUT2D eigenvalue weighted by Gasteiger charge is -2.07. The van der Waals surface area contributed by atoms with Crippen molar-refractivity contribution in [2.75, 3.05) is 0 Å².